The summed E-state index contributed by atoms with van der Waals surface area (Å²) in [6.07, 6.45) is 3.38. The molecule has 2 N–H and O–H groups in total. The predicted molar refractivity (Wildman–Crippen MR) is 95.3 cm³/mol. The first-order valence-corrected chi connectivity index (χ1v) is 8.27. The minimum Gasteiger partial charge on any atom is -0.478 e. The molecule has 23 heavy (non-hydrogen) atoms. The number of carboxylic acids is 1. The maximum absolute atomic E-state index is 11.0. The Kier molecular flexibility index (Phi) is 5.95. The number of thiazole rings is 1. The summed E-state index contributed by atoms with van der Waals surface area (Å²) in [4.78, 5) is 18.4. The van der Waals surface area contributed by atoms with Gasteiger partial charge in [0.1, 0.15) is 0 Å². The monoisotopic (exact) mass is 352 g/mol. The highest BCUT2D eigenvalue weighted by Crippen LogP contribution is 2.24. The Morgan fingerprint density at radius 1 is 1.48 bits per heavy atom. The summed E-state index contributed by atoms with van der Waals surface area (Å²) in [5.41, 5.74) is 3.35. The number of hydrogen-bond donors (Lipinski definition) is 2. The lowest BCUT2D eigenvalue weighted by Crippen LogP contribution is -2.21. The van der Waals surface area contributed by atoms with Crippen LogP contribution < -0.4 is 10.3 Å². The number of anilines is 2. The fourth-order valence-corrected chi connectivity index (χ4v) is 2.96. The zero-order valence-electron chi connectivity index (χ0n) is 12.8. The number of nitrogens with zero attached hydrogens (tertiary/aromatic N) is 3. The van der Waals surface area contributed by atoms with Crippen molar-refractivity contribution >= 4 is 45.9 Å². The molecular formula is C15H17ClN4O2S. The van der Waals surface area contributed by atoms with Gasteiger partial charge in [-0.1, -0.05) is 22.9 Å². The molecule has 2 rings (SSSR count). The minimum atomic E-state index is -1.01. The van der Waals surface area contributed by atoms with Crippen LogP contribution in [0.25, 0.3) is 0 Å². The van der Waals surface area contributed by atoms with Crippen LogP contribution in [0.5, 0.6) is 0 Å². The first-order valence-electron chi connectivity index (χ1n) is 7.07. The number of rotatable bonds is 7. The molecule has 8 heteroatoms. The molecule has 0 bridgehead atoms. The third kappa shape index (κ3) is 4.43. The molecule has 0 fully saturated rings. The highest BCUT2D eigenvalue weighted by Gasteiger charge is 2.08. The van der Waals surface area contributed by atoms with Gasteiger partial charge >= 0.3 is 5.97 Å². The Labute approximate surface area is 143 Å². The molecule has 1 heterocycles. The van der Waals surface area contributed by atoms with E-state index in [1.165, 1.54) is 29.5 Å². The van der Waals surface area contributed by atoms with Gasteiger partial charge in [-0.15, -0.1) is 0 Å². The number of aromatic nitrogens is 1. The highest BCUT2D eigenvalue weighted by atomic mass is 35.5. The van der Waals surface area contributed by atoms with E-state index < -0.39 is 5.97 Å². The van der Waals surface area contributed by atoms with Crippen molar-refractivity contribution in [3.05, 3.63) is 39.9 Å². The molecule has 0 aliphatic carbocycles. The predicted octanol–water partition coefficient (Wildman–Crippen LogP) is 3.79. The van der Waals surface area contributed by atoms with Gasteiger partial charge in [-0.2, -0.15) is 5.10 Å². The Bertz CT molecular complexity index is 713. The second-order valence-corrected chi connectivity index (χ2v) is 6.04. The van der Waals surface area contributed by atoms with Crippen molar-refractivity contribution in [1.82, 2.24) is 4.98 Å². The molecule has 0 radical (unpaired) electrons. The van der Waals surface area contributed by atoms with Crippen LogP contribution in [0.15, 0.2) is 29.5 Å². The molecule has 122 valence electrons. The number of hydrogen-bond acceptors (Lipinski definition) is 6. The van der Waals surface area contributed by atoms with Gasteiger partial charge in [0.25, 0.3) is 0 Å². The first-order chi connectivity index (χ1) is 11.0. The fraction of sp³-hybridized carbons (Fsp3) is 0.267. The summed E-state index contributed by atoms with van der Waals surface area (Å²) < 4.78 is 0. The first kappa shape index (κ1) is 17.2. The van der Waals surface area contributed by atoms with E-state index in [0.29, 0.717) is 10.7 Å². The molecule has 0 saturated carbocycles. The Morgan fingerprint density at radius 3 is 2.87 bits per heavy atom. The van der Waals surface area contributed by atoms with E-state index >= 15 is 0 Å². The van der Waals surface area contributed by atoms with Crippen molar-refractivity contribution in [3.63, 3.8) is 0 Å². The standard InChI is InChI=1S/C15H17ClN4O2S/c1-3-20(4-2)15-17-8-11(23-15)9-18-19-13-7-10(14(21)22)5-6-12(13)16/h5-9,19H,3-4H2,1-2H3,(H,21,22)/b18-9-. The highest BCUT2D eigenvalue weighted by molar-refractivity contribution is 7.17. The van der Waals surface area contributed by atoms with E-state index in [9.17, 15) is 4.79 Å². The van der Waals surface area contributed by atoms with Crippen molar-refractivity contribution in [1.29, 1.82) is 0 Å². The van der Waals surface area contributed by atoms with Gasteiger partial charge in [0.15, 0.2) is 5.13 Å². The number of nitrogens with one attached hydrogen (secondary N) is 1. The molecule has 2 aromatic rings. The van der Waals surface area contributed by atoms with Crippen LogP contribution in [-0.4, -0.2) is 35.4 Å². The molecule has 6 nitrogen and oxygen atoms in total. The normalized spacial score (nSPS) is 10.9. The quantitative estimate of drug-likeness (QED) is 0.585. The number of carboxylic acid groups (broad SMARTS) is 1. The lowest BCUT2D eigenvalue weighted by Gasteiger charge is -2.16. The lowest BCUT2D eigenvalue weighted by atomic mass is 10.2. The zero-order chi connectivity index (χ0) is 16.8. The minimum absolute atomic E-state index is 0.147. The van der Waals surface area contributed by atoms with Gasteiger partial charge in [0.05, 0.1) is 27.4 Å². The largest absolute Gasteiger partial charge is 0.478 e. The van der Waals surface area contributed by atoms with Crippen LogP contribution in [0, 0.1) is 0 Å². The van der Waals surface area contributed by atoms with Crippen LogP contribution in [0.2, 0.25) is 5.02 Å². The van der Waals surface area contributed by atoms with Crippen molar-refractivity contribution in [2.75, 3.05) is 23.4 Å². The summed E-state index contributed by atoms with van der Waals surface area (Å²) in [6.45, 7) is 5.96. The summed E-state index contributed by atoms with van der Waals surface area (Å²) in [7, 11) is 0. The molecule has 0 atom stereocenters. The van der Waals surface area contributed by atoms with Crippen molar-refractivity contribution < 1.29 is 9.90 Å². The van der Waals surface area contributed by atoms with Gasteiger partial charge in [-0.05, 0) is 32.0 Å². The maximum Gasteiger partial charge on any atom is 0.335 e. The van der Waals surface area contributed by atoms with Crippen LogP contribution in [0.3, 0.4) is 0 Å². The summed E-state index contributed by atoms with van der Waals surface area (Å²) in [5.74, 6) is -1.01. The molecular weight excluding hydrogens is 336 g/mol. The summed E-state index contributed by atoms with van der Waals surface area (Å²) in [6, 6.07) is 4.41. The number of halogens is 1. The van der Waals surface area contributed by atoms with E-state index in [-0.39, 0.29) is 5.56 Å². The number of carbonyl (C=O) groups is 1. The van der Waals surface area contributed by atoms with Crippen LogP contribution in [0.4, 0.5) is 10.8 Å². The van der Waals surface area contributed by atoms with Gasteiger partial charge in [-0.3, -0.25) is 5.43 Å². The van der Waals surface area contributed by atoms with Crippen molar-refractivity contribution in [3.8, 4) is 0 Å². The van der Waals surface area contributed by atoms with Gasteiger partial charge in [0, 0.05) is 19.3 Å². The van der Waals surface area contributed by atoms with E-state index in [1.54, 1.807) is 12.4 Å². The summed E-state index contributed by atoms with van der Waals surface area (Å²) >= 11 is 7.56. The van der Waals surface area contributed by atoms with Crippen molar-refractivity contribution in [2.45, 2.75) is 13.8 Å². The molecule has 0 saturated heterocycles. The Hall–Kier alpha value is -2.12. The Balaban J connectivity index is 2.07. The van der Waals surface area contributed by atoms with Crippen LogP contribution >= 0.6 is 22.9 Å². The molecule has 0 spiro atoms. The average Bonchev–Trinajstić information content (AvgIpc) is 2.99. The number of aromatic carboxylic acids is 1. The van der Waals surface area contributed by atoms with E-state index in [2.05, 4.69) is 34.3 Å². The molecule has 0 unspecified atom stereocenters. The molecule has 0 amide bonds. The third-order valence-corrected chi connectivity index (χ3v) is 4.46. The molecule has 1 aromatic heterocycles. The van der Waals surface area contributed by atoms with Gasteiger partial charge in [0.2, 0.25) is 0 Å². The molecule has 0 aliphatic heterocycles. The van der Waals surface area contributed by atoms with Crippen LogP contribution in [0.1, 0.15) is 29.1 Å². The van der Waals surface area contributed by atoms with Gasteiger partial charge in [-0.25, -0.2) is 9.78 Å². The second kappa shape index (κ2) is 7.94. The Morgan fingerprint density at radius 2 is 2.22 bits per heavy atom. The van der Waals surface area contributed by atoms with Gasteiger partial charge < -0.3 is 10.0 Å². The average molecular weight is 353 g/mol. The smallest absolute Gasteiger partial charge is 0.335 e. The molecule has 0 aliphatic rings. The SMILES string of the molecule is CCN(CC)c1ncc(/C=N\Nc2cc(C(=O)O)ccc2Cl)s1. The second-order valence-electron chi connectivity index (χ2n) is 4.59. The van der Waals surface area contributed by atoms with E-state index in [1.807, 2.05) is 0 Å². The summed E-state index contributed by atoms with van der Waals surface area (Å²) in [5, 5.41) is 14.4. The molecule has 1 aromatic carbocycles. The van der Waals surface area contributed by atoms with Crippen molar-refractivity contribution in [2.24, 2.45) is 5.10 Å². The van der Waals surface area contributed by atoms with Crippen LogP contribution in [-0.2, 0) is 0 Å². The van der Waals surface area contributed by atoms with E-state index in [4.69, 9.17) is 16.7 Å². The third-order valence-electron chi connectivity index (χ3n) is 3.14. The fourth-order valence-electron chi connectivity index (χ4n) is 1.89. The zero-order valence-corrected chi connectivity index (χ0v) is 14.4. The number of benzene rings is 1. The lowest BCUT2D eigenvalue weighted by molar-refractivity contribution is 0.0697. The maximum atomic E-state index is 11.0. The number of hydrazone groups is 1. The van der Waals surface area contributed by atoms with E-state index in [0.717, 1.165) is 23.1 Å². The topological polar surface area (TPSA) is 77.8 Å².